The minimum Gasteiger partial charge on any atom is -0.350 e. The highest BCUT2D eigenvalue weighted by Gasteiger charge is 2.56. The van der Waals surface area contributed by atoms with E-state index >= 15 is 0 Å². The maximum absolute atomic E-state index is 14.6. The van der Waals surface area contributed by atoms with Gasteiger partial charge < -0.3 is 10.2 Å². The molecular formula is C20H26FN9. The molecule has 0 unspecified atom stereocenters. The second-order valence-electron chi connectivity index (χ2n) is 8.88. The summed E-state index contributed by atoms with van der Waals surface area (Å²) < 4.78 is 16.2. The molecule has 1 N–H and O–H groups in total. The molecule has 4 heterocycles. The van der Waals surface area contributed by atoms with Crippen LogP contribution in [0.1, 0.15) is 19.3 Å². The smallest absolute Gasteiger partial charge is 0.229 e. The summed E-state index contributed by atoms with van der Waals surface area (Å²) in [6, 6.07) is 2.37. The van der Waals surface area contributed by atoms with Crippen molar-refractivity contribution in [2.75, 3.05) is 50.0 Å². The van der Waals surface area contributed by atoms with Gasteiger partial charge in [-0.3, -0.25) is 14.5 Å². The Morgan fingerprint density at radius 1 is 1.20 bits per heavy atom. The van der Waals surface area contributed by atoms with Gasteiger partial charge in [-0.05, 0) is 19.9 Å². The molecule has 0 radical (unpaired) electrons. The fourth-order valence-electron chi connectivity index (χ4n) is 4.79. The number of aromatic nitrogens is 4. The third kappa shape index (κ3) is 3.18. The standard InChI is InChI=1S/C20H26FN9/c1-27-7-8-30(14-19(27)3-4-19)20(5-6-22)12-29(13-20)17-16(21)10-23-18(26-17)25-15-9-24-28(2)11-15/h9-11H,3-5,7-8,12-14H2,1-2H3,(H,23,25,26). The van der Waals surface area contributed by atoms with Crippen LogP contribution in [0, 0.1) is 17.1 Å². The molecule has 0 atom stereocenters. The lowest BCUT2D eigenvalue weighted by atomic mass is 9.83. The molecule has 1 saturated carbocycles. The van der Waals surface area contributed by atoms with E-state index in [1.807, 2.05) is 11.9 Å². The van der Waals surface area contributed by atoms with Gasteiger partial charge in [0, 0.05) is 51.5 Å². The number of rotatable bonds is 5. The average Bonchev–Trinajstić information content (AvgIpc) is 3.35. The number of hydrogen-bond acceptors (Lipinski definition) is 8. The van der Waals surface area contributed by atoms with Gasteiger partial charge >= 0.3 is 0 Å². The van der Waals surface area contributed by atoms with Crippen molar-refractivity contribution >= 4 is 17.5 Å². The molecule has 3 aliphatic rings. The predicted molar refractivity (Wildman–Crippen MR) is 110 cm³/mol. The minimum absolute atomic E-state index is 0.236. The van der Waals surface area contributed by atoms with E-state index in [-0.39, 0.29) is 16.9 Å². The lowest BCUT2D eigenvalue weighted by Crippen LogP contribution is -2.74. The van der Waals surface area contributed by atoms with E-state index in [1.165, 1.54) is 19.0 Å². The Morgan fingerprint density at radius 2 is 2.00 bits per heavy atom. The van der Waals surface area contributed by atoms with Gasteiger partial charge in [0.05, 0.1) is 36.1 Å². The molecule has 0 aromatic carbocycles. The molecule has 2 aliphatic heterocycles. The first kappa shape index (κ1) is 19.2. The Bertz CT molecular complexity index is 986. The van der Waals surface area contributed by atoms with Crippen molar-refractivity contribution in [1.82, 2.24) is 29.5 Å². The highest BCUT2D eigenvalue weighted by Crippen LogP contribution is 2.46. The Hall–Kier alpha value is -2.77. The lowest BCUT2D eigenvalue weighted by Gasteiger charge is -2.58. The quantitative estimate of drug-likeness (QED) is 0.789. The van der Waals surface area contributed by atoms with Crippen molar-refractivity contribution in [3.05, 3.63) is 24.4 Å². The van der Waals surface area contributed by atoms with Gasteiger partial charge in [0.15, 0.2) is 11.6 Å². The fraction of sp³-hybridized carbons (Fsp3) is 0.600. The number of likely N-dealkylation sites (N-methyl/N-ethyl adjacent to an activating group) is 1. The molecule has 3 fully saturated rings. The highest BCUT2D eigenvalue weighted by molar-refractivity contribution is 5.55. The molecule has 0 amide bonds. The van der Waals surface area contributed by atoms with E-state index in [0.717, 1.165) is 25.3 Å². The lowest BCUT2D eigenvalue weighted by molar-refractivity contribution is -0.0136. The molecular weight excluding hydrogens is 385 g/mol. The van der Waals surface area contributed by atoms with Crippen LogP contribution in [0.4, 0.5) is 21.8 Å². The Kier molecular flexibility index (Phi) is 4.41. The molecule has 30 heavy (non-hydrogen) atoms. The van der Waals surface area contributed by atoms with E-state index in [9.17, 15) is 9.65 Å². The molecule has 10 heteroatoms. The summed E-state index contributed by atoms with van der Waals surface area (Å²) in [5.74, 6) is 0.156. The van der Waals surface area contributed by atoms with Crippen molar-refractivity contribution < 1.29 is 4.39 Å². The zero-order valence-corrected chi connectivity index (χ0v) is 17.3. The van der Waals surface area contributed by atoms with Crippen molar-refractivity contribution in [1.29, 1.82) is 5.26 Å². The second-order valence-corrected chi connectivity index (χ2v) is 8.88. The third-order valence-corrected chi connectivity index (χ3v) is 6.86. The Labute approximate surface area is 175 Å². The molecule has 2 aromatic heterocycles. The van der Waals surface area contributed by atoms with Crippen molar-refractivity contribution in [3.63, 3.8) is 0 Å². The molecule has 0 bridgehead atoms. The van der Waals surface area contributed by atoms with Crippen molar-refractivity contribution in [3.8, 4) is 6.07 Å². The maximum Gasteiger partial charge on any atom is 0.229 e. The largest absolute Gasteiger partial charge is 0.350 e. The first-order valence-electron chi connectivity index (χ1n) is 10.3. The van der Waals surface area contributed by atoms with E-state index in [4.69, 9.17) is 0 Å². The predicted octanol–water partition coefficient (Wildman–Crippen LogP) is 1.35. The Morgan fingerprint density at radius 3 is 2.67 bits per heavy atom. The Balaban J connectivity index is 1.33. The van der Waals surface area contributed by atoms with Crippen LogP contribution in [0.15, 0.2) is 18.6 Å². The van der Waals surface area contributed by atoms with Crippen LogP contribution in [0.25, 0.3) is 0 Å². The van der Waals surface area contributed by atoms with Gasteiger partial charge in [0.25, 0.3) is 0 Å². The summed E-state index contributed by atoms with van der Waals surface area (Å²) in [6.07, 6.45) is 7.54. The summed E-state index contributed by atoms with van der Waals surface area (Å²) >= 11 is 0. The van der Waals surface area contributed by atoms with Gasteiger partial charge in [-0.15, -0.1) is 0 Å². The number of nitriles is 1. The molecule has 2 saturated heterocycles. The number of hydrogen-bond donors (Lipinski definition) is 1. The average molecular weight is 411 g/mol. The molecule has 1 spiro atoms. The number of anilines is 3. The van der Waals surface area contributed by atoms with Crippen molar-refractivity contribution in [2.45, 2.75) is 30.3 Å². The van der Waals surface area contributed by atoms with Gasteiger partial charge in [-0.2, -0.15) is 15.3 Å². The monoisotopic (exact) mass is 411 g/mol. The van der Waals surface area contributed by atoms with E-state index < -0.39 is 5.82 Å². The molecule has 158 valence electrons. The van der Waals surface area contributed by atoms with Crippen LogP contribution in [-0.2, 0) is 7.05 Å². The van der Waals surface area contributed by atoms with Crippen LogP contribution in [0.2, 0.25) is 0 Å². The zero-order valence-electron chi connectivity index (χ0n) is 17.3. The number of nitrogens with zero attached hydrogens (tertiary/aromatic N) is 8. The van der Waals surface area contributed by atoms with Crippen LogP contribution in [0.5, 0.6) is 0 Å². The normalized spacial score (nSPS) is 22.5. The second kappa shape index (κ2) is 6.89. The van der Waals surface area contributed by atoms with Crippen LogP contribution < -0.4 is 10.2 Å². The van der Waals surface area contributed by atoms with Crippen LogP contribution >= 0.6 is 0 Å². The zero-order chi connectivity index (χ0) is 20.9. The number of aryl methyl sites for hydroxylation is 1. The van der Waals surface area contributed by atoms with Gasteiger partial charge in [0.2, 0.25) is 5.95 Å². The topological polar surface area (TPSA) is 89.1 Å². The molecule has 5 rings (SSSR count). The summed E-state index contributed by atoms with van der Waals surface area (Å²) in [6.45, 7) is 4.13. The summed E-state index contributed by atoms with van der Waals surface area (Å²) in [5.41, 5.74) is 0.784. The van der Waals surface area contributed by atoms with Gasteiger partial charge in [0.1, 0.15) is 0 Å². The van der Waals surface area contributed by atoms with Crippen LogP contribution in [-0.4, -0.2) is 80.4 Å². The molecule has 9 nitrogen and oxygen atoms in total. The van der Waals surface area contributed by atoms with Crippen molar-refractivity contribution in [2.24, 2.45) is 7.05 Å². The van der Waals surface area contributed by atoms with E-state index in [2.05, 4.69) is 43.3 Å². The highest BCUT2D eigenvalue weighted by atomic mass is 19.1. The number of halogens is 1. The number of nitrogens with one attached hydrogen (secondary N) is 1. The first-order valence-corrected chi connectivity index (χ1v) is 10.3. The fourth-order valence-corrected chi connectivity index (χ4v) is 4.79. The maximum atomic E-state index is 14.6. The van der Waals surface area contributed by atoms with E-state index in [1.54, 1.807) is 17.1 Å². The summed E-state index contributed by atoms with van der Waals surface area (Å²) in [7, 11) is 4.02. The molecule has 1 aliphatic carbocycles. The van der Waals surface area contributed by atoms with Gasteiger partial charge in [-0.25, -0.2) is 9.37 Å². The summed E-state index contributed by atoms with van der Waals surface area (Å²) in [4.78, 5) is 15.3. The third-order valence-electron chi connectivity index (χ3n) is 6.86. The number of piperazine rings is 1. The minimum atomic E-state index is -0.450. The van der Waals surface area contributed by atoms with Gasteiger partial charge in [-0.1, -0.05) is 0 Å². The first-order chi connectivity index (χ1) is 14.4. The van der Waals surface area contributed by atoms with E-state index in [0.29, 0.717) is 25.5 Å². The molecule has 2 aromatic rings. The van der Waals surface area contributed by atoms with Crippen LogP contribution in [0.3, 0.4) is 0 Å². The summed E-state index contributed by atoms with van der Waals surface area (Å²) in [5, 5.41) is 16.7. The SMILES string of the molecule is CN1CCN(C2(CC#N)CN(c3nc(Nc4cnn(C)c4)ncc3F)C2)CC12CC2.